The van der Waals surface area contributed by atoms with Gasteiger partial charge in [0, 0.05) is 37.5 Å². The molecule has 0 aliphatic heterocycles. The molecule has 1 amide bonds. The summed E-state index contributed by atoms with van der Waals surface area (Å²) >= 11 is 0. The quantitative estimate of drug-likeness (QED) is 0.878. The number of nitrogens with one attached hydrogen (secondary N) is 2. The van der Waals surface area contributed by atoms with Gasteiger partial charge in [0.15, 0.2) is 0 Å². The van der Waals surface area contributed by atoms with Crippen molar-refractivity contribution in [2.45, 2.75) is 13.0 Å². The highest BCUT2D eigenvalue weighted by molar-refractivity contribution is 5.99. The molecule has 0 aromatic carbocycles. The van der Waals surface area contributed by atoms with Crippen LogP contribution in [0.5, 0.6) is 0 Å². The van der Waals surface area contributed by atoms with Crippen molar-refractivity contribution >= 4 is 11.6 Å². The van der Waals surface area contributed by atoms with Gasteiger partial charge in [-0.2, -0.15) is 0 Å². The molecule has 2 aromatic rings. The molecule has 2 heterocycles. The molecule has 0 aliphatic carbocycles. The predicted octanol–water partition coefficient (Wildman–Crippen LogP) is 2.01. The molecule has 0 fully saturated rings. The number of carbonyl (C=O) groups is 1. The third kappa shape index (κ3) is 3.07. The highest BCUT2D eigenvalue weighted by Gasteiger charge is 2.14. The molecule has 0 radical (unpaired) electrons. The molecule has 0 saturated carbocycles. The lowest BCUT2D eigenvalue weighted by atomic mass is 10.1. The summed E-state index contributed by atoms with van der Waals surface area (Å²) in [4.78, 5) is 20.2. The summed E-state index contributed by atoms with van der Waals surface area (Å²) in [5.74, 6) is -0.159. The molecule has 1 atom stereocenters. The third-order valence-electron chi connectivity index (χ3n) is 2.87. The van der Waals surface area contributed by atoms with E-state index in [0.29, 0.717) is 5.56 Å². The minimum Gasteiger partial charge on any atom is -0.387 e. The lowest BCUT2D eigenvalue weighted by Gasteiger charge is -2.15. The van der Waals surface area contributed by atoms with Crippen LogP contribution < -0.4 is 10.6 Å². The summed E-state index contributed by atoms with van der Waals surface area (Å²) in [5.41, 5.74) is 2.25. The Morgan fingerprint density at radius 1 is 1.21 bits per heavy atom. The molecule has 5 heteroatoms. The van der Waals surface area contributed by atoms with Crippen molar-refractivity contribution in [3.05, 3.63) is 54.1 Å². The topological polar surface area (TPSA) is 66.9 Å². The maximum Gasteiger partial charge on any atom is 0.255 e. The van der Waals surface area contributed by atoms with Crippen molar-refractivity contribution in [1.29, 1.82) is 0 Å². The molecule has 2 N–H and O–H groups in total. The molecule has 0 saturated heterocycles. The Bertz CT molecular complexity index is 556. The van der Waals surface area contributed by atoms with E-state index in [1.54, 1.807) is 37.9 Å². The maximum atomic E-state index is 12.2. The second-order valence-electron chi connectivity index (χ2n) is 4.15. The largest absolute Gasteiger partial charge is 0.387 e. The Labute approximate surface area is 112 Å². The van der Waals surface area contributed by atoms with Crippen molar-refractivity contribution in [3.8, 4) is 0 Å². The van der Waals surface area contributed by atoms with Crippen LogP contribution in [0.25, 0.3) is 0 Å². The van der Waals surface area contributed by atoms with E-state index in [-0.39, 0.29) is 11.9 Å². The van der Waals surface area contributed by atoms with Gasteiger partial charge >= 0.3 is 0 Å². The van der Waals surface area contributed by atoms with Crippen LogP contribution in [-0.2, 0) is 0 Å². The first-order valence-corrected chi connectivity index (χ1v) is 6.05. The van der Waals surface area contributed by atoms with Crippen molar-refractivity contribution in [1.82, 2.24) is 15.3 Å². The smallest absolute Gasteiger partial charge is 0.255 e. The minimum atomic E-state index is -0.159. The van der Waals surface area contributed by atoms with Crippen LogP contribution in [0.2, 0.25) is 0 Å². The number of anilines is 1. The number of pyridine rings is 2. The van der Waals surface area contributed by atoms with E-state index in [2.05, 4.69) is 20.6 Å². The summed E-state index contributed by atoms with van der Waals surface area (Å²) in [6.45, 7) is 1.92. The van der Waals surface area contributed by atoms with Gasteiger partial charge in [0.25, 0.3) is 5.91 Å². The lowest BCUT2D eigenvalue weighted by molar-refractivity contribution is 0.0940. The highest BCUT2D eigenvalue weighted by Crippen LogP contribution is 2.15. The number of nitrogens with zero attached hydrogens (tertiary/aromatic N) is 2. The van der Waals surface area contributed by atoms with Crippen LogP contribution in [0, 0.1) is 0 Å². The van der Waals surface area contributed by atoms with E-state index in [9.17, 15) is 4.79 Å². The molecule has 19 heavy (non-hydrogen) atoms. The number of carbonyl (C=O) groups excluding carboxylic acids is 1. The SMILES string of the molecule is CNc1ccncc1C(=O)NC(C)c1cccnc1. The van der Waals surface area contributed by atoms with E-state index in [4.69, 9.17) is 0 Å². The van der Waals surface area contributed by atoms with Gasteiger partial charge in [-0.05, 0) is 24.6 Å². The van der Waals surface area contributed by atoms with Crippen LogP contribution in [-0.4, -0.2) is 22.9 Å². The molecule has 2 aromatic heterocycles. The van der Waals surface area contributed by atoms with E-state index in [1.165, 1.54) is 0 Å². The molecular formula is C14H16N4O. The fourth-order valence-electron chi connectivity index (χ4n) is 1.78. The van der Waals surface area contributed by atoms with Gasteiger partial charge in [0.2, 0.25) is 0 Å². The summed E-state index contributed by atoms with van der Waals surface area (Å²) in [6.07, 6.45) is 6.65. The molecule has 98 valence electrons. The zero-order chi connectivity index (χ0) is 13.7. The summed E-state index contributed by atoms with van der Waals surface area (Å²) in [5, 5.41) is 5.90. The Balaban J connectivity index is 2.13. The van der Waals surface area contributed by atoms with Crippen molar-refractivity contribution in [3.63, 3.8) is 0 Å². The fourth-order valence-corrected chi connectivity index (χ4v) is 1.78. The lowest BCUT2D eigenvalue weighted by Crippen LogP contribution is -2.27. The van der Waals surface area contributed by atoms with Crippen molar-refractivity contribution in [2.24, 2.45) is 0 Å². The zero-order valence-corrected chi connectivity index (χ0v) is 10.9. The first-order chi connectivity index (χ1) is 9.22. The maximum absolute atomic E-state index is 12.2. The molecular weight excluding hydrogens is 240 g/mol. The summed E-state index contributed by atoms with van der Waals surface area (Å²) < 4.78 is 0. The molecule has 0 bridgehead atoms. The van der Waals surface area contributed by atoms with Gasteiger partial charge in [-0.1, -0.05) is 6.07 Å². The van der Waals surface area contributed by atoms with Crippen molar-refractivity contribution in [2.75, 3.05) is 12.4 Å². The number of hydrogen-bond acceptors (Lipinski definition) is 4. The minimum absolute atomic E-state index is 0.105. The van der Waals surface area contributed by atoms with Gasteiger partial charge < -0.3 is 10.6 Å². The van der Waals surface area contributed by atoms with Gasteiger partial charge in [-0.25, -0.2) is 0 Å². The molecule has 1 unspecified atom stereocenters. The van der Waals surface area contributed by atoms with Crippen LogP contribution in [0.1, 0.15) is 28.9 Å². The number of aromatic nitrogens is 2. The summed E-state index contributed by atoms with van der Waals surface area (Å²) in [7, 11) is 1.77. The van der Waals surface area contributed by atoms with Crippen LogP contribution >= 0.6 is 0 Å². The van der Waals surface area contributed by atoms with E-state index in [1.807, 2.05) is 19.1 Å². The summed E-state index contributed by atoms with van der Waals surface area (Å²) in [6, 6.07) is 5.44. The molecule has 0 spiro atoms. The Morgan fingerprint density at radius 3 is 2.68 bits per heavy atom. The second-order valence-corrected chi connectivity index (χ2v) is 4.15. The normalized spacial score (nSPS) is 11.7. The van der Waals surface area contributed by atoms with E-state index >= 15 is 0 Å². The monoisotopic (exact) mass is 256 g/mol. The van der Waals surface area contributed by atoms with E-state index < -0.39 is 0 Å². The third-order valence-corrected chi connectivity index (χ3v) is 2.87. The molecule has 0 aliphatic rings. The van der Waals surface area contributed by atoms with Gasteiger partial charge in [-0.15, -0.1) is 0 Å². The highest BCUT2D eigenvalue weighted by atomic mass is 16.1. The first-order valence-electron chi connectivity index (χ1n) is 6.05. The van der Waals surface area contributed by atoms with Crippen LogP contribution in [0.4, 0.5) is 5.69 Å². The number of amides is 1. The zero-order valence-electron chi connectivity index (χ0n) is 10.9. The number of rotatable bonds is 4. The first kappa shape index (κ1) is 13.0. The van der Waals surface area contributed by atoms with E-state index in [0.717, 1.165) is 11.3 Å². The van der Waals surface area contributed by atoms with Crippen LogP contribution in [0.15, 0.2) is 43.0 Å². The molecule has 5 nitrogen and oxygen atoms in total. The van der Waals surface area contributed by atoms with Gasteiger partial charge in [-0.3, -0.25) is 14.8 Å². The average Bonchev–Trinajstić information content (AvgIpc) is 2.48. The predicted molar refractivity (Wildman–Crippen MR) is 73.9 cm³/mol. The fraction of sp³-hybridized carbons (Fsp3) is 0.214. The van der Waals surface area contributed by atoms with Crippen molar-refractivity contribution < 1.29 is 4.79 Å². The van der Waals surface area contributed by atoms with Gasteiger partial charge in [0.1, 0.15) is 0 Å². The van der Waals surface area contributed by atoms with Crippen LogP contribution in [0.3, 0.4) is 0 Å². The molecule has 2 rings (SSSR count). The van der Waals surface area contributed by atoms with Gasteiger partial charge in [0.05, 0.1) is 11.6 Å². The Kier molecular flexibility index (Phi) is 4.07. The number of hydrogen-bond donors (Lipinski definition) is 2. The second kappa shape index (κ2) is 5.95. The Morgan fingerprint density at radius 2 is 2.00 bits per heavy atom. The Hall–Kier alpha value is -2.43. The standard InChI is InChI=1S/C14H16N4O/c1-10(11-4-3-6-16-8-11)18-14(19)12-9-17-7-5-13(12)15-2/h3-10H,1-2H3,(H,15,17)(H,18,19). The average molecular weight is 256 g/mol.